The third kappa shape index (κ3) is 4.13. The summed E-state index contributed by atoms with van der Waals surface area (Å²) in [5.41, 5.74) is 8.42. The van der Waals surface area contributed by atoms with Gasteiger partial charge in [-0.1, -0.05) is 29.8 Å². The fraction of sp³-hybridized carbons (Fsp3) is 0.267. The fourth-order valence-corrected chi connectivity index (χ4v) is 2.16. The van der Waals surface area contributed by atoms with Crippen LogP contribution in [-0.2, 0) is 12.8 Å². The third-order valence-electron chi connectivity index (χ3n) is 2.88. The largest absolute Gasteiger partial charge is 0.327 e. The molecule has 94 valence electrons. The molecule has 1 unspecified atom stereocenters. The number of aryl methyl sites for hydroxylation is 1. The zero-order valence-corrected chi connectivity index (χ0v) is 11.0. The molecule has 2 rings (SSSR count). The lowest BCUT2D eigenvalue weighted by Crippen LogP contribution is -2.23. The number of nitrogens with two attached hydrogens (primary N) is 1. The highest BCUT2D eigenvalue weighted by Crippen LogP contribution is 2.13. The molecule has 1 heterocycles. The van der Waals surface area contributed by atoms with Crippen LogP contribution in [0.25, 0.3) is 0 Å². The third-order valence-corrected chi connectivity index (χ3v) is 3.12. The molecule has 0 aliphatic rings. The van der Waals surface area contributed by atoms with Gasteiger partial charge in [-0.15, -0.1) is 0 Å². The van der Waals surface area contributed by atoms with Crippen molar-refractivity contribution in [2.45, 2.75) is 25.3 Å². The van der Waals surface area contributed by atoms with Gasteiger partial charge in [-0.25, -0.2) is 0 Å². The van der Waals surface area contributed by atoms with Crippen molar-refractivity contribution < 1.29 is 0 Å². The summed E-state index contributed by atoms with van der Waals surface area (Å²) in [5, 5.41) is 0.768. The van der Waals surface area contributed by atoms with Gasteiger partial charge in [0.1, 0.15) is 0 Å². The summed E-state index contributed by atoms with van der Waals surface area (Å²) in [6.07, 6.45) is 4.53. The Balaban J connectivity index is 1.84. The van der Waals surface area contributed by atoms with Crippen LogP contribution in [-0.4, -0.2) is 11.0 Å². The van der Waals surface area contributed by atoms with E-state index in [1.165, 1.54) is 5.56 Å². The molecule has 1 atom stereocenters. The van der Waals surface area contributed by atoms with E-state index in [4.69, 9.17) is 17.3 Å². The molecule has 0 amide bonds. The average molecular weight is 261 g/mol. The standard InChI is InChI=1S/C15H17ClN2/c16-13-5-3-4-12(10-13)11-14(17)7-8-15-6-1-2-9-18-15/h1-6,9-10,14H,7-8,11,17H2. The lowest BCUT2D eigenvalue weighted by Gasteiger charge is -2.11. The molecule has 0 saturated carbocycles. The van der Waals surface area contributed by atoms with Crippen LogP contribution >= 0.6 is 11.6 Å². The average Bonchev–Trinajstić information content (AvgIpc) is 2.38. The van der Waals surface area contributed by atoms with Gasteiger partial charge in [-0.2, -0.15) is 0 Å². The SMILES string of the molecule is NC(CCc1ccccn1)Cc1cccc(Cl)c1. The maximum Gasteiger partial charge on any atom is 0.0408 e. The first-order chi connectivity index (χ1) is 8.74. The van der Waals surface area contributed by atoms with Crippen molar-refractivity contribution in [1.29, 1.82) is 0 Å². The Morgan fingerprint density at radius 2 is 2.06 bits per heavy atom. The van der Waals surface area contributed by atoms with Gasteiger partial charge in [0.25, 0.3) is 0 Å². The first-order valence-corrected chi connectivity index (χ1v) is 6.52. The lowest BCUT2D eigenvalue weighted by molar-refractivity contribution is 0.605. The summed E-state index contributed by atoms with van der Waals surface area (Å²) in [6.45, 7) is 0. The first-order valence-electron chi connectivity index (χ1n) is 6.14. The van der Waals surface area contributed by atoms with Crippen molar-refractivity contribution in [3.63, 3.8) is 0 Å². The van der Waals surface area contributed by atoms with Crippen molar-refractivity contribution >= 4 is 11.6 Å². The molecule has 0 saturated heterocycles. The summed E-state index contributed by atoms with van der Waals surface area (Å²) in [6, 6.07) is 14.0. The minimum atomic E-state index is 0.144. The van der Waals surface area contributed by atoms with Crippen molar-refractivity contribution in [3.05, 3.63) is 64.9 Å². The molecule has 0 aliphatic heterocycles. The second-order valence-corrected chi connectivity index (χ2v) is 4.89. The number of benzene rings is 1. The summed E-state index contributed by atoms with van der Waals surface area (Å²) in [7, 11) is 0. The monoisotopic (exact) mass is 260 g/mol. The molecule has 18 heavy (non-hydrogen) atoms. The van der Waals surface area contributed by atoms with Crippen molar-refractivity contribution in [1.82, 2.24) is 4.98 Å². The lowest BCUT2D eigenvalue weighted by atomic mass is 10.0. The van der Waals surface area contributed by atoms with Gasteiger partial charge in [-0.05, 0) is 49.1 Å². The van der Waals surface area contributed by atoms with Crippen molar-refractivity contribution in [2.75, 3.05) is 0 Å². The van der Waals surface area contributed by atoms with E-state index in [9.17, 15) is 0 Å². The van der Waals surface area contributed by atoms with Gasteiger partial charge in [0, 0.05) is 23.0 Å². The molecule has 2 nitrogen and oxygen atoms in total. The molecule has 0 fully saturated rings. The number of halogens is 1. The van der Waals surface area contributed by atoms with Gasteiger partial charge in [0.15, 0.2) is 0 Å². The number of hydrogen-bond acceptors (Lipinski definition) is 2. The van der Waals surface area contributed by atoms with Gasteiger partial charge < -0.3 is 5.73 Å². The minimum absolute atomic E-state index is 0.144. The van der Waals surface area contributed by atoms with E-state index in [0.717, 1.165) is 30.0 Å². The molecule has 1 aromatic carbocycles. The normalized spacial score (nSPS) is 12.3. The smallest absolute Gasteiger partial charge is 0.0408 e. The maximum absolute atomic E-state index is 6.13. The number of aromatic nitrogens is 1. The number of pyridine rings is 1. The van der Waals surface area contributed by atoms with Crippen LogP contribution in [0.1, 0.15) is 17.7 Å². The van der Waals surface area contributed by atoms with Gasteiger partial charge in [-0.3, -0.25) is 4.98 Å². The second-order valence-electron chi connectivity index (χ2n) is 4.45. The predicted molar refractivity (Wildman–Crippen MR) is 75.7 cm³/mol. The Bertz CT molecular complexity index is 485. The summed E-state index contributed by atoms with van der Waals surface area (Å²) >= 11 is 5.95. The number of hydrogen-bond donors (Lipinski definition) is 1. The van der Waals surface area contributed by atoms with Crippen LogP contribution in [0.4, 0.5) is 0 Å². The Morgan fingerprint density at radius 1 is 1.17 bits per heavy atom. The van der Waals surface area contributed by atoms with Crippen molar-refractivity contribution in [3.8, 4) is 0 Å². The second kappa shape index (κ2) is 6.53. The number of nitrogens with zero attached hydrogens (tertiary/aromatic N) is 1. The Kier molecular flexibility index (Phi) is 4.73. The Labute approximate surface area is 113 Å². The summed E-state index contributed by atoms with van der Waals surface area (Å²) < 4.78 is 0. The van der Waals surface area contributed by atoms with E-state index >= 15 is 0 Å². The predicted octanol–water partition coefficient (Wildman–Crippen LogP) is 3.24. The van der Waals surface area contributed by atoms with Crippen LogP contribution in [0.5, 0.6) is 0 Å². The van der Waals surface area contributed by atoms with Crippen LogP contribution in [0, 0.1) is 0 Å². The highest BCUT2D eigenvalue weighted by Gasteiger charge is 2.05. The molecule has 0 radical (unpaired) electrons. The Morgan fingerprint density at radius 3 is 2.78 bits per heavy atom. The molecular formula is C15H17ClN2. The highest BCUT2D eigenvalue weighted by atomic mass is 35.5. The highest BCUT2D eigenvalue weighted by molar-refractivity contribution is 6.30. The quantitative estimate of drug-likeness (QED) is 0.896. The van der Waals surface area contributed by atoms with Gasteiger partial charge in [0.05, 0.1) is 0 Å². The molecule has 2 aromatic rings. The minimum Gasteiger partial charge on any atom is -0.327 e. The first kappa shape index (κ1) is 13.1. The number of rotatable bonds is 5. The van der Waals surface area contributed by atoms with Gasteiger partial charge >= 0.3 is 0 Å². The van der Waals surface area contributed by atoms with Crippen molar-refractivity contribution in [2.24, 2.45) is 5.73 Å². The molecule has 0 bridgehead atoms. The molecule has 0 aliphatic carbocycles. The zero-order chi connectivity index (χ0) is 12.8. The molecule has 3 heteroatoms. The molecule has 1 aromatic heterocycles. The summed E-state index contributed by atoms with van der Waals surface area (Å²) in [4.78, 5) is 4.30. The van der Waals surface area contributed by atoms with E-state index < -0.39 is 0 Å². The summed E-state index contributed by atoms with van der Waals surface area (Å²) in [5.74, 6) is 0. The molecule has 0 spiro atoms. The van der Waals surface area contributed by atoms with E-state index in [2.05, 4.69) is 11.1 Å². The molecular weight excluding hydrogens is 244 g/mol. The van der Waals surface area contributed by atoms with Crippen LogP contribution in [0.3, 0.4) is 0 Å². The zero-order valence-electron chi connectivity index (χ0n) is 10.2. The van der Waals surface area contributed by atoms with Crippen LogP contribution in [0.2, 0.25) is 5.02 Å². The van der Waals surface area contributed by atoms with Gasteiger partial charge in [0.2, 0.25) is 0 Å². The van der Waals surface area contributed by atoms with E-state index in [1.54, 1.807) is 0 Å². The van der Waals surface area contributed by atoms with E-state index in [1.807, 2.05) is 42.6 Å². The Hall–Kier alpha value is -1.38. The van der Waals surface area contributed by atoms with Crippen LogP contribution in [0.15, 0.2) is 48.7 Å². The maximum atomic E-state index is 6.13. The fourth-order valence-electron chi connectivity index (χ4n) is 1.95. The van der Waals surface area contributed by atoms with Crippen LogP contribution < -0.4 is 5.73 Å². The van der Waals surface area contributed by atoms with E-state index in [-0.39, 0.29) is 6.04 Å². The molecule has 2 N–H and O–H groups in total. The van der Waals surface area contributed by atoms with E-state index in [0.29, 0.717) is 0 Å². The topological polar surface area (TPSA) is 38.9 Å².